The topological polar surface area (TPSA) is 42.7 Å². The molecule has 2 heterocycles. The summed E-state index contributed by atoms with van der Waals surface area (Å²) in [6.45, 7) is 0.414. The zero-order valence-electron chi connectivity index (χ0n) is 11.6. The molecule has 4 nitrogen and oxygen atoms in total. The molecule has 22 heavy (non-hydrogen) atoms. The lowest BCUT2D eigenvalue weighted by atomic mass is 10.2. The highest BCUT2D eigenvalue weighted by molar-refractivity contribution is 7.81. The van der Waals surface area contributed by atoms with E-state index < -0.39 is 0 Å². The Hall–Kier alpha value is -2.60. The number of nitrogens with one attached hydrogen (secondary N) is 1. The Morgan fingerprint density at radius 1 is 1.23 bits per heavy atom. The largest absolute Gasteiger partial charge is 0.345 e. The minimum atomic E-state index is -0.261. The Bertz CT molecular complexity index is 772. The van der Waals surface area contributed by atoms with Crippen molar-refractivity contribution < 1.29 is 4.39 Å². The molecule has 0 saturated carbocycles. The van der Waals surface area contributed by atoms with E-state index in [0.717, 1.165) is 5.69 Å². The molecule has 0 bridgehead atoms. The molecule has 3 rings (SSSR count). The molecule has 0 atom stereocenters. The number of pyridine rings is 1. The Morgan fingerprint density at radius 3 is 2.86 bits per heavy atom. The number of aromatic nitrogens is 3. The molecule has 1 N–H and O–H groups in total. The van der Waals surface area contributed by atoms with E-state index in [4.69, 9.17) is 12.2 Å². The highest BCUT2D eigenvalue weighted by Gasteiger charge is 2.07. The fourth-order valence-corrected chi connectivity index (χ4v) is 2.28. The number of imidazole rings is 1. The first-order valence-corrected chi connectivity index (χ1v) is 7.10. The van der Waals surface area contributed by atoms with E-state index in [-0.39, 0.29) is 5.82 Å². The summed E-state index contributed by atoms with van der Waals surface area (Å²) in [5, 5.41) is 3.08. The molecule has 0 aliphatic carbocycles. The molecule has 0 radical (unpaired) electrons. The molecule has 2 aromatic heterocycles. The monoisotopic (exact) mass is 312 g/mol. The summed E-state index contributed by atoms with van der Waals surface area (Å²) < 4.78 is 15.7. The van der Waals surface area contributed by atoms with E-state index >= 15 is 0 Å². The molecule has 0 saturated heterocycles. The van der Waals surface area contributed by atoms with Crippen molar-refractivity contribution in [1.29, 1.82) is 0 Å². The number of rotatable bonds is 4. The number of halogens is 1. The van der Waals surface area contributed by atoms with Crippen LogP contribution in [0.15, 0.2) is 61.3 Å². The Labute approximate surface area is 132 Å². The zero-order valence-corrected chi connectivity index (χ0v) is 12.4. The average molecular weight is 312 g/mol. The first kappa shape index (κ1) is 14.3. The lowest BCUT2D eigenvalue weighted by Crippen LogP contribution is -2.12. The molecule has 0 fully saturated rings. The number of nitrogens with zero attached hydrogens (tertiary/aromatic N) is 3. The molecular weight excluding hydrogens is 299 g/mol. The van der Waals surface area contributed by atoms with Gasteiger partial charge >= 0.3 is 0 Å². The van der Waals surface area contributed by atoms with Gasteiger partial charge < -0.3 is 9.88 Å². The summed E-state index contributed by atoms with van der Waals surface area (Å²) in [7, 11) is 0. The van der Waals surface area contributed by atoms with E-state index in [0.29, 0.717) is 22.8 Å². The first-order chi connectivity index (χ1) is 10.7. The van der Waals surface area contributed by atoms with Crippen molar-refractivity contribution in [2.45, 2.75) is 6.54 Å². The summed E-state index contributed by atoms with van der Waals surface area (Å²) in [5.74, 6) is -0.261. The van der Waals surface area contributed by atoms with Crippen molar-refractivity contribution in [1.82, 2.24) is 14.5 Å². The van der Waals surface area contributed by atoms with Gasteiger partial charge in [-0.05, 0) is 30.3 Å². The Kier molecular flexibility index (Phi) is 4.20. The van der Waals surface area contributed by atoms with Gasteiger partial charge in [0.05, 0.1) is 18.6 Å². The van der Waals surface area contributed by atoms with E-state index in [9.17, 15) is 4.39 Å². The SMILES string of the molecule is Fc1ccc(NC(=S)c2ccccn2)cc1Cn1ccnc1. The molecule has 0 amide bonds. The molecule has 110 valence electrons. The third-order valence-electron chi connectivity index (χ3n) is 3.11. The fraction of sp³-hybridized carbons (Fsp3) is 0.0625. The van der Waals surface area contributed by atoms with Crippen LogP contribution in [0.2, 0.25) is 0 Å². The van der Waals surface area contributed by atoms with Crippen LogP contribution in [0, 0.1) is 5.82 Å². The van der Waals surface area contributed by atoms with Gasteiger partial charge in [-0.2, -0.15) is 0 Å². The molecule has 6 heteroatoms. The number of benzene rings is 1. The van der Waals surface area contributed by atoms with Crippen molar-refractivity contribution in [2.24, 2.45) is 0 Å². The summed E-state index contributed by atoms with van der Waals surface area (Å²) in [5.41, 5.74) is 1.97. The second kappa shape index (κ2) is 6.44. The first-order valence-electron chi connectivity index (χ1n) is 6.69. The lowest BCUT2D eigenvalue weighted by molar-refractivity contribution is 0.599. The van der Waals surface area contributed by atoms with E-state index in [1.165, 1.54) is 6.07 Å². The van der Waals surface area contributed by atoms with Crippen molar-refractivity contribution in [3.63, 3.8) is 0 Å². The number of hydrogen-bond donors (Lipinski definition) is 1. The zero-order chi connectivity index (χ0) is 15.4. The van der Waals surface area contributed by atoms with Gasteiger partial charge in [0.15, 0.2) is 0 Å². The maximum Gasteiger partial charge on any atom is 0.129 e. The molecule has 0 unspecified atom stereocenters. The molecule has 3 aromatic rings. The van der Waals surface area contributed by atoms with E-state index in [2.05, 4.69) is 15.3 Å². The minimum Gasteiger partial charge on any atom is -0.345 e. The number of hydrogen-bond acceptors (Lipinski definition) is 3. The van der Waals surface area contributed by atoms with Crippen LogP contribution in [0.4, 0.5) is 10.1 Å². The highest BCUT2D eigenvalue weighted by atomic mass is 32.1. The fourth-order valence-electron chi connectivity index (χ4n) is 2.04. The normalized spacial score (nSPS) is 10.4. The van der Waals surface area contributed by atoms with Crippen LogP contribution in [0.5, 0.6) is 0 Å². The summed E-state index contributed by atoms with van der Waals surface area (Å²) in [6, 6.07) is 10.3. The molecule has 0 aliphatic rings. The smallest absolute Gasteiger partial charge is 0.129 e. The van der Waals surface area contributed by atoms with E-state index in [1.54, 1.807) is 41.6 Å². The minimum absolute atomic E-state index is 0.261. The van der Waals surface area contributed by atoms with Crippen molar-refractivity contribution >= 4 is 22.9 Å². The second-order valence-corrected chi connectivity index (χ2v) is 5.12. The third-order valence-corrected chi connectivity index (χ3v) is 3.42. The van der Waals surface area contributed by atoms with Gasteiger partial charge in [-0.3, -0.25) is 4.98 Å². The van der Waals surface area contributed by atoms with Crippen molar-refractivity contribution in [2.75, 3.05) is 5.32 Å². The van der Waals surface area contributed by atoms with Crippen molar-refractivity contribution in [3.8, 4) is 0 Å². The van der Waals surface area contributed by atoms with Gasteiger partial charge in [-0.15, -0.1) is 0 Å². The highest BCUT2D eigenvalue weighted by Crippen LogP contribution is 2.17. The van der Waals surface area contributed by atoms with Crippen LogP contribution in [-0.2, 0) is 6.54 Å². The summed E-state index contributed by atoms with van der Waals surface area (Å²) in [6.07, 6.45) is 6.78. The van der Waals surface area contributed by atoms with Crippen LogP contribution in [0.3, 0.4) is 0 Å². The maximum absolute atomic E-state index is 13.9. The van der Waals surface area contributed by atoms with Gasteiger partial charge in [-0.1, -0.05) is 18.3 Å². The van der Waals surface area contributed by atoms with Gasteiger partial charge in [-0.25, -0.2) is 9.37 Å². The number of anilines is 1. The predicted octanol–water partition coefficient (Wildman–Crippen LogP) is 3.25. The average Bonchev–Trinajstić information content (AvgIpc) is 3.04. The van der Waals surface area contributed by atoms with Gasteiger partial charge in [0.25, 0.3) is 0 Å². The van der Waals surface area contributed by atoms with Crippen LogP contribution >= 0.6 is 12.2 Å². The molecule has 0 aliphatic heterocycles. The van der Waals surface area contributed by atoms with Crippen molar-refractivity contribution in [3.05, 3.63) is 78.4 Å². The maximum atomic E-state index is 13.9. The van der Waals surface area contributed by atoms with Gasteiger partial charge in [0.2, 0.25) is 0 Å². The van der Waals surface area contributed by atoms with Crippen LogP contribution in [0.25, 0.3) is 0 Å². The summed E-state index contributed by atoms with van der Waals surface area (Å²) in [4.78, 5) is 8.64. The molecular formula is C16H13FN4S. The van der Waals surface area contributed by atoms with Gasteiger partial charge in [0.1, 0.15) is 10.8 Å². The number of thiocarbonyl (C=S) groups is 1. The quantitative estimate of drug-likeness (QED) is 0.751. The molecule has 1 aromatic carbocycles. The van der Waals surface area contributed by atoms with Gasteiger partial charge in [0, 0.05) is 29.8 Å². The van der Waals surface area contributed by atoms with Crippen LogP contribution < -0.4 is 5.32 Å². The standard InChI is InChI=1S/C16H13FN4S/c17-14-5-4-13(9-12(14)10-21-8-7-18-11-21)20-16(22)15-3-1-2-6-19-15/h1-9,11H,10H2,(H,20,22). The lowest BCUT2D eigenvalue weighted by Gasteiger charge is -2.10. The van der Waals surface area contributed by atoms with Crippen LogP contribution in [-0.4, -0.2) is 19.5 Å². The predicted molar refractivity (Wildman–Crippen MR) is 87.3 cm³/mol. The Balaban J connectivity index is 1.78. The van der Waals surface area contributed by atoms with Crippen LogP contribution in [0.1, 0.15) is 11.3 Å². The Morgan fingerprint density at radius 2 is 2.14 bits per heavy atom. The van der Waals surface area contributed by atoms with E-state index in [1.807, 2.05) is 18.2 Å². The molecule has 0 spiro atoms. The summed E-state index contributed by atoms with van der Waals surface area (Å²) >= 11 is 5.31. The third kappa shape index (κ3) is 3.35. The second-order valence-electron chi connectivity index (χ2n) is 4.71.